The van der Waals surface area contributed by atoms with Crippen LogP contribution in [-0.4, -0.2) is 21.1 Å². The van der Waals surface area contributed by atoms with Crippen molar-refractivity contribution in [3.05, 3.63) is 11.4 Å². The van der Waals surface area contributed by atoms with Crippen molar-refractivity contribution in [2.45, 2.75) is 83.1 Å². The van der Waals surface area contributed by atoms with Crippen molar-refractivity contribution in [1.82, 2.24) is 15.1 Å². The lowest BCUT2D eigenvalue weighted by Crippen LogP contribution is -2.31. The van der Waals surface area contributed by atoms with Gasteiger partial charge in [0.25, 0.3) is 0 Å². The summed E-state index contributed by atoms with van der Waals surface area (Å²) in [6.45, 7) is 0. The Morgan fingerprint density at radius 2 is 1.53 bits per heavy atom. The Balaban J connectivity index is 1.66. The summed E-state index contributed by atoms with van der Waals surface area (Å²) in [5, 5.41) is 8.72. The molecule has 0 unspecified atom stereocenters. The Bertz CT molecular complexity index is 391. The molecular weight excluding hydrogens is 236 g/mol. The molecule has 1 heterocycles. The molecule has 0 aliphatic heterocycles. The van der Waals surface area contributed by atoms with E-state index >= 15 is 0 Å². The van der Waals surface area contributed by atoms with Crippen molar-refractivity contribution in [3.8, 4) is 0 Å². The molecule has 1 N–H and O–H groups in total. The van der Waals surface area contributed by atoms with Crippen LogP contribution < -0.4 is 5.43 Å². The third-order valence-corrected chi connectivity index (χ3v) is 4.58. The second-order valence-corrected chi connectivity index (χ2v) is 6.13. The summed E-state index contributed by atoms with van der Waals surface area (Å²) in [7, 11) is 0. The van der Waals surface area contributed by atoms with Crippen LogP contribution in [0.25, 0.3) is 0 Å². The molecule has 1 fully saturated rings. The monoisotopic (exact) mass is 262 g/mol. The van der Waals surface area contributed by atoms with Gasteiger partial charge in [-0.3, -0.25) is 0 Å². The number of rotatable bonds is 2. The predicted octanol–water partition coefficient (Wildman–Crippen LogP) is 3.20. The van der Waals surface area contributed by atoms with E-state index in [9.17, 15) is 0 Å². The van der Waals surface area contributed by atoms with Gasteiger partial charge < -0.3 is 5.43 Å². The second-order valence-electron chi connectivity index (χ2n) is 6.13. The van der Waals surface area contributed by atoms with Crippen LogP contribution in [0.1, 0.15) is 75.6 Å². The van der Waals surface area contributed by atoms with Crippen molar-refractivity contribution in [1.29, 1.82) is 0 Å². The number of aromatic nitrogens is 3. The van der Waals surface area contributed by atoms with Crippen LogP contribution in [0.5, 0.6) is 0 Å². The highest BCUT2D eigenvalue weighted by Gasteiger charge is 2.18. The van der Waals surface area contributed by atoms with E-state index in [0.29, 0.717) is 6.04 Å². The standard InChI is InChI=1S/C15H26N4/c1-2-5-9-13(10-6-3-1)17-19-15-12-8-4-7-11-14(15)16-18-19/h13,17H,1-12H2. The summed E-state index contributed by atoms with van der Waals surface area (Å²) < 4.78 is 0. The predicted molar refractivity (Wildman–Crippen MR) is 76.7 cm³/mol. The highest BCUT2D eigenvalue weighted by Crippen LogP contribution is 2.20. The Labute approximate surface area is 115 Å². The van der Waals surface area contributed by atoms with Crippen LogP contribution >= 0.6 is 0 Å². The largest absolute Gasteiger partial charge is 0.305 e. The molecule has 106 valence electrons. The number of fused-ring (bicyclic) bond motifs is 1. The van der Waals surface area contributed by atoms with Crippen LogP contribution in [0, 0.1) is 0 Å². The zero-order valence-electron chi connectivity index (χ0n) is 11.9. The van der Waals surface area contributed by atoms with Gasteiger partial charge in [-0.1, -0.05) is 38.5 Å². The van der Waals surface area contributed by atoms with Crippen LogP contribution in [0.15, 0.2) is 0 Å². The first kappa shape index (κ1) is 12.9. The maximum absolute atomic E-state index is 4.37. The second kappa shape index (κ2) is 6.40. The highest BCUT2D eigenvalue weighted by atomic mass is 15.6. The third kappa shape index (κ3) is 3.28. The van der Waals surface area contributed by atoms with E-state index in [0.717, 1.165) is 12.8 Å². The molecule has 1 saturated carbocycles. The number of hydrogen-bond acceptors (Lipinski definition) is 3. The molecule has 0 saturated heterocycles. The summed E-state index contributed by atoms with van der Waals surface area (Å²) in [5.74, 6) is 0. The quantitative estimate of drug-likeness (QED) is 0.832. The maximum atomic E-state index is 4.37. The first-order valence-electron chi connectivity index (χ1n) is 8.13. The summed E-state index contributed by atoms with van der Waals surface area (Å²) in [6, 6.07) is 0.592. The molecule has 2 aliphatic rings. The zero-order valence-corrected chi connectivity index (χ0v) is 11.9. The van der Waals surface area contributed by atoms with E-state index in [1.165, 1.54) is 75.6 Å². The van der Waals surface area contributed by atoms with Gasteiger partial charge in [0.15, 0.2) is 0 Å². The van der Waals surface area contributed by atoms with E-state index in [-0.39, 0.29) is 0 Å². The summed E-state index contributed by atoms with van der Waals surface area (Å²) in [4.78, 5) is 2.01. The van der Waals surface area contributed by atoms with Crippen molar-refractivity contribution < 1.29 is 0 Å². The molecule has 3 rings (SSSR count). The molecule has 0 atom stereocenters. The fourth-order valence-electron chi connectivity index (χ4n) is 3.40. The van der Waals surface area contributed by atoms with Gasteiger partial charge in [0.05, 0.1) is 11.4 Å². The zero-order chi connectivity index (χ0) is 12.9. The molecule has 0 bridgehead atoms. The number of nitrogens with zero attached hydrogens (tertiary/aromatic N) is 3. The van der Waals surface area contributed by atoms with Crippen molar-refractivity contribution in [2.24, 2.45) is 0 Å². The van der Waals surface area contributed by atoms with Gasteiger partial charge >= 0.3 is 0 Å². The van der Waals surface area contributed by atoms with Crippen molar-refractivity contribution in [3.63, 3.8) is 0 Å². The van der Waals surface area contributed by atoms with Crippen LogP contribution in [0.2, 0.25) is 0 Å². The average Bonchev–Trinajstić information content (AvgIpc) is 2.61. The van der Waals surface area contributed by atoms with E-state index in [1.807, 2.05) is 4.79 Å². The normalized spacial score (nSPS) is 22.1. The smallest absolute Gasteiger partial charge is 0.0881 e. The Kier molecular flexibility index (Phi) is 4.36. The molecule has 4 nitrogen and oxygen atoms in total. The lowest BCUT2D eigenvalue weighted by atomic mass is 9.97. The minimum absolute atomic E-state index is 0.592. The lowest BCUT2D eigenvalue weighted by Gasteiger charge is -2.22. The van der Waals surface area contributed by atoms with Gasteiger partial charge in [-0.25, -0.2) is 0 Å². The van der Waals surface area contributed by atoms with E-state index in [2.05, 4.69) is 15.7 Å². The Hall–Kier alpha value is -1.06. The minimum atomic E-state index is 0.592. The molecule has 1 aromatic heterocycles. The van der Waals surface area contributed by atoms with Gasteiger partial charge in [-0.2, -0.15) is 4.79 Å². The van der Waals surface area contributed by atoms with Crippen LogP contribution in [-0.2, 0) is 12.8 Å². The number of nitrogens with one attached hydrogen (secondary N) is 1. The van der Waals surface area contributed by atoms with Gasteiger partial charge in [-0.15, -0.1) is 5.10 Å². The topological polar surface area (TPSA) is 42.7 Å². The van der Waals surface area contributed by atoms with Gasteiger partial charge in [0.1, 0.15) is 0 Å². The minimum Gasteiger partial charge on any atom is -0.305 e. The van der Waals surface area contributed by atoms with Crippen molar-refractivity contribution >= 4 is 0 Å². The molecule has 1 aromatic rings. The summed E-state index contributed by atoms with van der Waals surface area (Å²) >= 11 is 0. The molecule has 4 heteroatoms. The molecule has 0 aromatic carbocycles. The molecule has 19 heavy (non-hydrogen) atoms. The fourth-order valence-corrected chi connectivity index (χ4v) is 3.40. The molecule has 2 aliphatic carbocycles. The Morgan fingerprint density at radius 3 is 2.37 bits per heavy atom. The first-order valence-corrected chi connectivity index (χ1v) is 8.13. The van der Waals surface area contributed by atoms with E-state index < -0.39 is 0 Å². The Morgan fingerprint density at radius 1 is 0.842 bits per heavy atom. The fraction of sp³-hybridized carbons (Fsp3) is 0.867. The van der Waals surface area contributed by atoms with Crippen molar-refractivity contribution in [2.75, 3.05) is 5.43 Å². The van der Waals surface area contributed by atoms with Gasteiger partial charge in [0, 0.05) is 6.04 Å². The molecular formula is C15H26N4. The maximum Gasteiger partial charge on any atom is 0.0881 e. The van der Waals surface area contributed by atoms with E-state index in [4.69, 9.17) is 0 Å². The first-order chi connectivity index (χ1) is 9.43. The van der Waals surface area contributed by atoms with Gasteiger partial charge in [0.2, 0.25) is 0 Å². The lowest BCUT2D eigenvalue weighted by molar-refractivity contribution is 0.436. The average molecular weight is 262 g/mol. The SMILES string of the molecule is C1CCCC(Nn2nnc3c2CCCCC3)CCC1. The molecule has 0 amide bonds. The highest BCUT2D eigenvalue weighted by molar-refractivity contribution is 5.13. The van der Waals surface area contributed by atoms with E-state index in [1.54, 1.807) is 0 Å². The molecule has 0 radical (unpaired) electrons. The summed E-state index contributed by atoms with van der Waals surface area (Å²) in [6.07, 6.45) is 15.6. The summed E-state index contributed by atoms with van der Waals surface area (Å²) in [5.41, 5.74) is 6.21. The van der Waals surface area contributed by atoms with Crippen LogP contribution in [0.4, 0.5) is 0 Å². The number of hydrogen-bond donors (Lipinski definition) is 1. The number of aryl methyl sites for hydroxylation is 1. The third-order valence-electron chi connectivity index (χ3n) is 4.58. The van der Waals surface area contributed by atoms with Gasteiger partial charge in [-0.05, 0) is 43.7 Å². The molecule has 0 spiro atoms. The van der Waals surface area contributed by atoms with Crippen LogP contribution in [0.3, 0.4) is 0 Å².